The minimum Gasteiger partial charge on any atom is -0.481 e. The van der Waals surface area contributed by atoms with E-state index < -0.39 is 11.9 Å². The van der Waals surface area contributed by atoms with Gasteiger partial charge in [0, 0.05) is 38.6 Å². The highest BCUT2D eigenvalue weighted by Gasteiger charge is 2.29. The van der Waals surface area contributed by atoms with Gasteiger partial charge in [0.15, 0.2) is 5.69 Å². The molecule has 1 aromatic heterocycles. The maximum absolute atomic E-state index is 12.8. The van der Waals surface area contributed by atoms with Crippen LogP contribution < -0.4 is 5.32 Å². The van der Waals surface area contributed by atoms with Crippen LogP contribution in [0.5, 0.6) is 0 Å². The molecule has 0 spiro atoms. The fraction of sp³-hybridized carbons (Fsp3) is 0.400. The number of rotatable bonds is 2. The Labute approximate surface area is 127 Å². The van der Waals surface area contributed by atoms with Crippen LogP contribution in [0, 0.1) is 5.92 Å². The number of aliphatic carboxylic acids is 1. The first-order valence-corrected chi connectivity index (χ1v) is 7.22. The second kappa shape index (κ2) is 5.76. The number of nitrogens with one attached hydrogen (secondary N) is 1. The van der Waals surface area contributed by atoms with E-state index >= 15 is 0 Å². The molecule has 1 unspecified atom stereocenters. The summed E-state index contributed by atoms with van der Waals surface area (Å²) in [7, 11) is 1.79. The molecule has 7 heteroatoms. The number of hydrogen-bond donors (Lipinski definition) is 2. The maximum Gasteiger partial charge on any atom is 0.309 e. The number of fused-ring (bicyclic) bond motifs is 1. The van der Waals surface area contributed by atoms with Gasteiger partial charge in [-0.05, 0) is 6.07 Å². The van der Waals surface area contributed by atoms with Crippen molar-refractivity contribution >= 4 is 22.8 Å². The maximum atomic E-state index is 12.8. The molecule has 0 bridgehead atoms. The average molecular weight is 302 g/mol. The third kappa shape index (κ3) is 2.55. The second-order valence-corrected chi connectivity index (χ2v) is 5.48. The lowest BCUT2D eigenvalue weighted by Crippen LogP contribution is -2.38. The normalized spacial score (nSPS) is 19.1. The number of carboxylic acid groups (broad SMARTS) is 1. The summed E-state index contributed by atoms with van der Waals surface area (Å²) in [4.78, 5) is 25.6. The lowest BCUT2D eigenvalue weighted by Gasteiger charge is -2.21. The summed E-state index contributed by atoms with van der Waals surface area (Å²) in [5, 5.41) is 17.4. The molecule has 2 N–H and O–H groups in total. The molecular formula is C15H18N4O3. The Balaban J connectivity index is 1.93. The van der Waals surface area contributed by atoms with Crippen molar-refractivity contribution in [1.82, 2.24) is 20.0 Å². The van der Waals surface area contributed by atoms with Crippen LogP contribution in [-0.4, -0.2) is 57.8 Å². The van der Waals surface area contributed by atoms with Gasteiger partial charge in [-0.15, -0.1) is 0 Å². The Morgan fingerprint density at radius 1 is 1.36 bits per heavy atom. The Morgan fingerprint density at radius 2 is 2.14 bits per heavy atom. The van der Waals surface area contributed by atoms with Crippen LogP contribution in [0.1, 0.15) is 10.5 Å². The molecule has 0 aliphatic carbocycles. The molecule has 0 saturated carbocycles. The average Bonchev–Trinajstić information content (AvgIpc) is 2.71. The zero-order chi connectivity index (χ0) is 15.7. The fourth-order valence-electron chi connectivity index (χ4n) is 2.78. The van der Waals surface area contributed by atoms with Gasteiger partial charge in [-0.1, -0.05) is 18.2 Å². The number of nitrogens with zero attached hydrogens (tertiary/aromatic N) is 3. The van der Waals surface area contributed by atoms with Gasteiger partial charge in [0.1, 0.15) is 0 Å². The van der Waals surface area contributed by atoms with Crippen molar-refractivity contribution in [3.05, 3.63) is 30.0 Å². The predicted octanol–water partition coefficient (Wildman–Crippen LogP) is 0.320. The molecule has 1 amide bonds. The van der Waals surface area contributed by atoms with E-state index in [0.717, 1.165) is 10.9 Å². The van der Waals surface area contributed by atoms with E-state index in [4.69, 9.17) is 0 Å². The molecule has 1 fully saturated rings. The van der Waals surface area contributed by atoms with Gasteiger partial charge in [-0.25, -0.2) is 0 Å². The molecule has 0 radical (unpaired) electrons. The summed E-state index contributed by atoms with van der Waals surface area (Å²) >= 11 is 0. The predicted molar refractivity (Wildman–Crippen MR) is 80.6 cm³/mol. The van der Waals surface area contributed by atoms with Crippen molar-refractivity contribution < 1.29 is 14.7 Å². The van der Waals surface area contributed by atoms with Crippen molar-refractivity contribution in [2.24, 2.45) is 13.0 Å². The number of aromatic nitrogens is 2. The molecule has 2 aromatic rings. The minimum atomic E-state index is -0.891. The van der Waals surface area contributed by atoms with Gasteiger partial charge >= 0.3 is 5.97 Å². The number of amides is 1. The number of benzene rings is 1. The van der Waals surface area contributed by atoms with Crippen LogP contribution in [0.25, 0.3) is 10.9 Å². The molecule has 1 aliphatic heterocycles. The van der Waals surface area contributed by atoms with Crippen molar-refractivity contribution in [2.75, 3.05) is 26.2 Å². The number of hydrogen-bond acceptors (Lipinski definition) is 4. The summed E-state index contributed by atoms with van der Waals surface area (Å²) in [6, 6.07) is 7.53. The largest absolute Gasteiger partial charge is 0.481 e. The van der Waals surface area contributed by atoms with Gasteiger partial charge in [0.25, 0.3) is 5.91 Å². The Bertz CT molecular complexity index is 725. The Morgan fingerprint density at radius 3 is 2.91 bits per heavy atom. The third-order valence-electron chi connectivity index (χ3n) is 3.99. The second-order valence-electron chi connectivity index (χ2n) is 5.48. The summed E-state index contributed by atoms with van der Waals surface area (Å²) in [6.07, 6.45) is 0. The summed E-state index contributed by atoms with van der Waals surface area (Å²) in [6.45, 7) is 1.64. The van der Waals surface area contributed by atoms with E-state index in [-0.39, 0.29) is 12.5 Å². The first kappa shape index (κ1) is 14.5. The number of para-hydroxylation sites is 1. The smallest absolute Gasteiger partial charge is 0.309 e. The highest BCUT2D eigenvalue weighted by Crippen LogP contribution is 2.19. The molecule has 1 aromatic carbocycles. The summed E-state index contributed by atoms with van der Waals surface area (Å²) in [5.74, 6) is -1.70. The van der Waals surface area contributed by atoms with Crippen LogP contribution >= 0.6 is 0 Å². The molecule has 3 rings (SSSR count). The minimum absolute atomic E-state index is 0.200. The van der Waals surface area contributed by atoms with E-state index in [1.807, 2.05) is 24.3 Å². The van der Waals surface area contributed by atoms with Crippen molar-refractivity contribution in [3.8, 4) is 0 Å². The molecular weight excluding hydrogens is 284 g/mol. The molecule has 7 nitrogen and oxygen atoms in total. The van der Waals surface area contributed by atoms with Crippen LogP contribution in [0.3, 0.4) is 0 Å². The van der Waals surface area contributed by atoms with E-state index in [1.165, 1.54) is 0 Å². The molecule has 2 heterocycles. The zero-order valence-corrected chi connectivity index (χ0v) is 12.3. The quantitative estimate of drug-likeness (QED) is 0.834. The monoisotopic (exact) mass is 302 g/mol. The number of carboxylic acids is 1. The number of aryl methyl sites for hydroxylation is 1. The van der Waals surface area contributed by atoms with Crippen molar-refractivity contribution in [1.29, 1.82) is 0 Å². The van der Waals surface area contributed by atoms with Gasteiger partial charge in [0.2, 0.25) is 0 Å². The first-order valence-electron chi connectivity index (χ1n) is 7.22. The lowest BCUT2D eigenvalue weighted by molar-refractivity contribution is -0.141. The molecule has 1 saturated heterocycles. The fourth-order valence-corrected chi connectivity index (χ4v) is 2.78. The summed E-state index contributed by atoms with van der Waals surface area (Å²) < 4.78 is 1.67. The van der Waals surface area contributed by atoms with Gasteiger partial charge in [0.05, 0.1) is 11.4 Å². The highest BCUT2D eigenvalue weighted by atomic mass is 16.4. The van der Waals surface area contributed by atoms with Crippen LogP contribution in [0.15, 0.2) is 24.3 Å². The van der Waals surface area contributed by atoms with Gasteiger partial charge < -0.3 is 15.3 Å². The molecule has 116 valence electrons. The zero-order valence-electron chi connectivity index (χ0n) is 12.3. The number of carbonyl (C=O) groups excluding carboxylic acids is 1. The van der Waals surface area contributed by atoms with Gasteiger partial charge in [-0.3, -0.25) is 14.3 Å². The van der Waals surface area contributed by atoms with Gasteiger partial charge in [-0.2, -0.15) is 5.10 Å². The first-order chi connectivity index (χ1) is 10.6. The van der Waals surface area contributed by atoms with E-state index in [1.54, 1.807) is 16.6 Å². The van der Waals surface area contributed by atoms with E-state index in [9.17, 15) is 14.7 Å². The molecule has 1 atom stereocenters. The van der Waals surface area contributed by atoms with Crippen LogP contribution in [0.2, 0.25) is 0 Å². The Kier molecular flexibility index (Phi) is 3.81. The van der Waals surface area contributed by atoms with E-state index in [0.29, 0.717) is 25.3 Å². The van der Waals surface area contributed by atoms with Crippen molar-refractivity contribution in [2.45, 2.75) is 0 Å². The van der Waals surface area contributed by atoms with Crippen LogP contribution in [-0.2, 0) is 11.8 Å². The topological polar surface area (TPSA) is 87.5 Å². The Hall–Kier alpha value is -2.41. The SMILES string of the molecule is Cn1nc(C(=O)N2CCNCC(C(=O)O)C2)c2ccccc21. The lowest BCUT2D eigenvalue weighted by atomic mass is 10.1. The standard InChI is InChI=1S/C15H18N4O3/c1-18-12-5-3-2-4-11(12)13(17-18)14(20)19-7-6-16-8-10(9-19)15(21)22/h2-5,10,16H,6-9H2,1H3,(H,21,22). The third-order valence-corrected chi connectivity index (χ3v) is 3.99. The van der Waals surface area contributed by atoms with Crippen molar-refractivity contribution in [3.63, 3.8) is 0 Å². The highest BCUT2D eigenvalue weighted by molar-refractivity contribution is 6.05. The summed E-state index contributed by atoms with van der Waals surface area (Å²) in [5.41, 5.74) is 1.26. The molecule has 22 heavy (non-hydrogen) atoms. The van der Waals surface area contributed by atoms with Crippen LogP contribution in [0.4, 0.5) is 0 Å². The number of carbonyl (C=O) groups is 2. The van der Waals surface area contributed by atoms with E-state index in [2.05, 4.69) is 10.4 Å². The molecule has 1 aliphatic rings.